The number of aromatic nitrogens is 3. The molecule has 2 aromatic carbocycles. The molecular formula is C22H21FN4O. The zero-order valence-corrected chi connectivity index (χ0v) is 15.5. The summed E-state index contributed by atoms with van der Waals surface area (Å²) in [6.07, 6.45) is 2.64. The fourth-order valence-corrected chi connectivity index (χ4v) is 3.47. The molecule has 0 spiro atoms. The number of benzene rings is 2. The Hall–Kier alpha value is -3.25. The van der Waals surface area contributed by atoms with Crippen LogP contribution >= 0.6 is 0 Å². The van der Waals surface area contributed by atoms with Crippen molar-refractivity contribution in [2.75, 3.05) is 0 Å². The number of rotatable bonds is 6. The van der Waals surface area contributed by atoms with Crippen LogP contribution in [0.4, 0.5) is 4.39 Å². The van der Waals surface area contributed by atoms with E-state index in [-0.39, 0.29) is 17.4 Å². The van der Waals surface area contributed by atoms with E-state index in [1.807, 2.05) is 30.5 Å². The average Bonchev–Trinajstić information content (AvgIpc) is 3.07. The van der Waals surface area contributed by atoms with Gasteiger partial charge in [-0.15, -0.1) is 0 Å². The third-order valence-electron chi connectivity index (χ3n) is 4.78. The maximum Gasteiger partial charge on any atom is 0.251 e. The van der Waals surface area contributed by atoms with E-state index in [0.717, 1.165) is 22.0 Å². The van der Waals surface area contributed by atoms with E-state index in [1.54, 1.807) is 13.0 Å². The van der Waals surface area contributed by atoms with Gasteiger partial charge in [0.2, 0.25) is 0 Å². The first kappa shape index (κ1) is 18.1. The molecular weight excluding hydrogens is 355 g/mol. The summed E-state index contributed by atoms with van der Waals surface area (Å²) >= 11 is 0. The molecule has 0 saturated carbocycles. The van der Waals surface area contributed by atoms with Crippen LogP contribution < -0.4 is 10.9 Å². The Morgan fingerprint density at radius 1 is 1.14 bits per heavy atom. The third-order valence-corrected chi connectivity index (χ3v) is 4.78. The van der Waals surface area contributed by atoms with Gasteiger partial charge in [-0.05, 0) is 42.7 Å². The second-order valence-corrected chi connectivity index (χ2v) is 6.88. The first-order chi connectivity index (χ1) is 13.6. The number of aromatic amines is 2. The summed E-state index contributed by atoms with van der Waals surface area (Å²) < 4.78 is 13.5. The number of nitrogens with one attached hydrogen (secondary N) is 3. The highest BCUT2D eigenvalue weighted by Crippen LogP contribution is 2.24. The van der Waals surface area contributed by atoms with Crippen LogP contribution in [0.2, 0.25) is 0 Å². The van der Waals surface area contributed by atoms with Crippen molar-refractivity contribution in [3.63, 3.8) is 0 Å². The van der Waals surface area contributed by atoms with Crippen molar-refractivity contribution in [1.29, 1.82) is 0 Å². The van der Waals surface area contributed by atoms with Crippen LogP contribution in [-0.2, 0) is 13.0 Å². The summed E-state index contributed by atoms with van der Waals surface area (Å²) in [5.41, 5.74) is 3.52. The standard InChI is InChI=1S/C22H21FN4O/c1-14-26-21(11-22(28)27-14)20(24-12-15-5-4-6-17(23)9-15)10-16-13-25-19-8-3-2-7-18(16)19/h2-9,11,13,20,24-25H,10,12H2,1H3,(H,26,27,28)/t20-/m0/s1. The molecule has 28 heavy (non-hydrogen) atoms. The van der Waals surface area contributed by atoms with Gasteiger partial charge < -0.3 is 15.3 Å². The topological polar surface area (TPSA) is 73.6 Å². The molecule has 0 amide bonds. The Bertz CT molecular complexity index is 1160. The van der Waals surface area contributed by atoms with Crippen molar-refractivity contribution in [2.45, 2.75) is 25.9 Å². The maximum absolute atomic E-state index is 13.5. The molecule has 0 fully saturated rings. The van der Waals surface area contributed by atoms with Gasteiger partial charge in [0.15, 0.2) is 0 Å². The molecule has 0 unspecified atom stereocenters. The molecule has 3 N–H and O–H groups in total. The Morgan fingerprint density at radius 2 is 2.00 bits per heavy atom. The van der Waals surface area contributed by atoms with Crippen LogP contribution in [0.25, 0.3) is 10.9 Å². The number of nitrogens with zero attached hydrogens (tertiary/aromatic N) is 1. The number of hydrogen-bond acceptors (Lipinski definition) is 3. The van der Waals surface area contributed by atoms with E-state index < -0.39 is 0 Å². The lowest BCUT2D eigenvalue weighted by atomic mass is 10.0. The minimum atomic E-state index is -0.266. The van der Waals surface area contributed by atoms with Crippen molar-refractivity contribution in [2.24, 2.45) is 0 Å². The number of para-hydroxylation sites is 1. The first-order valence-electron chi connectivity index (χ1n) is 9.19. The quantitative estimate of drug-likeness (QED) is 0.480. The van der Waals surface area contributed by atoms with Gasteiger partial charge in [-0.2, -0.15) is 0 Å². The fourth-order valence-electron chi connectivity index (χ4n) is 3.47. The lowest BCUT2D eigenvalue weighted by Crippen LogP contribution is -2.26. The summed E-state index contributed by atoms with van der Waals surface area (Å²) in [5, 5.41) is 4.58. The maximum atomic E-state index is 13.5. The molecule has 0 aliphatic carbocycles. The second kappa shape index (κ2) is 7.78. The lowest BCUT2D eigenvalue weighted by Gasteiger charge is -2.18. The van der Waals surface area contributed by atoms with Gasteiger partial charge in [0, 0.05) is 29.7 Å². The SMILES string of the molecule is Cc1nc([C@H](Cc2c[nH]c3ccccc23)NCc2cccc(F)c2)cc(=O)[nH]1. The molecule has 1 atom stereocenters. The molecule has 0 bridgehead atoms. The van der Waals surface area contributed by atoms with Crippen molar-refractivity contribution in [3.05, 3.63) is 99.6 Å². The van der Waals surface area contributed by atoms with Crippen LogP contribution in [-0.4, -0.2) is 15.0 Å². The van der Waals surface area contributed by atoms with Gasteiger partial charge >= 0.3 is 0 Å². The third kappa shape index (κ3) is 4.02. The molecule has 5 nitrogen and oxygen atoms in total. The molecule has 6 heteroatoms. The summed E-state index contributed by atoms with van der Waals surface area (Å²) in [6.45, 7) is 2.23. The number of halogens is 1. The highest BCUT2D eigenvalue weighted by Gasteiger charge is 2.17. The number of aryl methyl sites for hydroxylation is 1. The fraction of sp³-hybridized carbons (Fsp3) is 0.182. The average molecular weight is 376 g/mol. The van der Waals surface area contributed by atoms with Crippen LogP contribution in [0.3, 0.4) is 0 Å². The predicted octanol–water partition coefficient (Wildman–Crippen LogP) is 3.77. The van der Waals surface area contributed by atoms with Gasteiger partial charge in [-0.25, -0.2) is 9.37 Å². The molecule has 0 saturated heterocycles. The van der Waals surface area contributed by atoms with E-state index in [0.29, 0.717) is 24.5 Å². The molecule has 0 aliphatic rings. The van der Waals surface area contributed by atoms with Crippen molar-refractivity contribution >= 4 is 10.9 Å². The second-order valence-electron chi connectivity index (χ2n) is 6.88. The van der Waals surface area contributed by atoms with Gasteiger partial charge in [0.1, 0.15) is 11.6 Å². The normalized spacial score (nSPS) is 12.4. The zero-order valence-electron chi connectivity index (χ0n) is 15.5. The minimum absolute atomic E-state index is 0.181. The van der Waals surface area contributed by atoms with Crippen molar-refractivity contribution < 1.29 is 4.39 Å². The number of fused-ring (bicyclic) bond motifs is 1. The number of hydrogen-bond donors (Lipinski definition) is 3. The van der Waals surface area contributed by atoms with Crippen LogP contribution in [0.15, 0.2) is 65.6 Å². The molecule has 4 rings (SSSR count). The van der Waals surface area contributed by atoms with E-state index in [1.165, 1.54) is 18.2 Å². The van der Waals surface area contributed by atoms with Crippen LogP contribution in [0, 0.1) is 12.7 Å². The number of H-pyrrole nitrogens is 2. The summed E-state index contributed by atoms with van der Waals surface area (Å²) in [4.78, 5) is 22.5. The van der Waals surface area contributed by atoms with Crippen molar-refractivity contribution in [3.8, 4) is 0 Å². The molecule has 0 radical (unpaired) electrons. The first-order valence-corrected chi connectivity index (χ1v) is 9.19. The smallest absolute Gasteiger partial charge is 0.251 e. The van der Waals surface area contributed by atoms with E-state index in [9.17, 15) is 9.18 Å². The van der Waals surface area contributed by atoms with Gasteiger partial charge in [0.25, 0.3) is 5.56 Å². The summed E-state index contributed by atoms with van der Waals surface area (Å²) in [7, 11) is 0. The van der Waals surface area contributed by atoms with Crippen molar-refractivity contribution in [1.82, 2.24) is 20.3 Å². The highest BCUT2D eigenvalue weighted by molar-refractivity contribution is 5.83. The molecule has 0 aliphatic heterocycles. The Morgan fingerprint density at radius 3 is 2.82 bits per heavy atom. The largest absolute Gasteiger partial charge is 0.361 e. The summed E-state index contributed by atoms with van der Waals surface area (Å²) in [5.74, 6) is 0.302. The lowest BCUT2D eigenvalue weighted by molar-refractivity contribution is 0.514. The van der Waals surface area contributed by atoms with Crippen LogP contribution in [0.1, 0.15) is 28.7 Å². The zero-order chi connectivity index (χ0) is 19.5. The van der Waals surface area contributed by atoms with E-state index in [2.05, 4.69) is 26.3 Å². The van der Waals surface area contributed by atoms with Gasteiger partial charge in [-0.1, -0.05) is 30.3 Å². The summed E-state index contributed by atoms with van der Waals surface area (Å²) in [6, 6.07) is 15.9. The monoisotopic (exact) mass is 376 g/mol. The predicted molar refractivity (Wildman–Crippen MR) is 108 cm³/mol. The Kier molecular flexibility index (Phi) is 5.04. The van der Waals surface area contributed by atoms with E-state index >= 15 is 0 Å². The molecule has 142 valence electrons. The highest BCUT2D eigenvalue weighted by atomic mass is 19.1. The van der Waals surface area contributed by atoms with Crippen LogP contribution in [0.5, 0.6) is 0 Å². The molecule has 4 aromatic rings. The Labute approximate surface area is 161 Å². The minimum Gasteiger partial charge on any atom is -0.361 e. The van der Waals surface area contributed by atoms with E-state index in [4.69, 9.17) is 0 Å². The van der Waals surface area contributed by atoms with Gasteiger partial charge in [-0.3, -0.25) is 4.79 Å². The molecule has 2 heterocycles. The molecule has 2 aromatic heterocycles. The van der Waals surface area contributed by atoms with Gasteiger partial charge in [0.05, 0.1) is 11.7 Å². The Balaban J connectivity index is 1.65.